The molecule has 1 unspecified atom stereocenters. The Morgan fingerprint density at radius 3 is 2.89 bits per heavy atom. The number of methoxy groups -OCH3 is 1. The van der Waals surface area contributed by atoms with Crippen molar-refractivity contribution in [1.82, 2.24) is 15.5 Å². The number of carbonyl (C=O) groups is 2. The number of guanidine groups is 1. The molecule has 1 aliphatic heterocycles. The summed E-state index contributed by atoms with van der Waals surface area (Å²) in [4.78, 5) is 32.0. The molecule has 0 radical (unpaired) electrons. The molecule has 0 aliphatic carbocycles. The van der Waals surface area contributed by atoms with Gasteiger partial charge in [-0.15, -0.1) is 0 Å². The third-order valence-corrected chi connectivity index (χ3v) is 6.36. The highest BCUT2D eigenvalue weighted by Gasteiger charge is 2.28. The molecular formula is C28H32N6O4. The van der Waals surface area contributed by atoms with E-state index in [0.29, 0.717) is 31.6 Å². The molecule has 0 bridgehead atoms. The number of nitrogens with one attached hydrogen (secondary N) is 3. The minimum atomic E-state index is -0.706. The Bertz CT molecular complexity index is 1360. The Morgan fingerprint density at radius 2 is 2.08 bits per heavy atom. The van der Waals surface area contributed by atoms with Gasteiger partial charge in [-0.2, -0.15) is 5.26 Å². The first-order valence-corrected chi connectivity index (χ1v) is 12.6. The molecule has 10 heteroatoms. The van der Waals surface area contributed by atoms with Crippen LogP contribution in [0.2, 0.25) is 0 Å². The Hall–Kier alpha value is -4.52. The van der Waals surface area contributed by atoms with Gasteiger partial charge in [-0.3, -0.25) is 14.9 Å². The van der Waals surface area contributed by atoms with Crippen LogP contribution in [0.15, 0.2) is 57.9 Å². The van der Waals surface area contributed by atoms with E-state index in [4.69, 9.17) is 9.15 Å². The molecule has 3 N–H and O–H groups in total. The number of furan rings is 1. The summed E-state index contributed by atoms with van der Waals surface area (Å²) in [6.45, 7) is 2.75. The van der Waals surface area contributed by atoms with Gasteiger partial charge in [-0.1, -0.05) is 18.2 Å². The fourth-order valence-corrected chi connectivity index (χ4v) is 4.53. The molecule has 38 heavy (non-hydrogen) atoms. The summed E-state index contributed by atoms with van der Waals surface area (Å²) in [5.74, 6) is 1.29. The predicted octanol–water partition coefficient (Wildman–Crippen LogP) is 3.33. The number of amides is 2. The third kappa shape index (κ3) is 6.82. The van der Waals surface area contributed by atoms with Gasteiger partial charge in [-0.05, 0) is 68.5 Å². The number of likely N-dealkylation sites (tertiary alicyclic amines) is 1. The number of benzene rings is 2. The van der Waals surface area contributed by atoms with Gasteiger partial charge in [-0.25, -0.2) is 4.99 Å². The summed E-state index contributed by atoms with van der Waals surface area (Å²) < 4.78 is 11.0. The van der Waals surface area contributed by atoms with Gasteiger partial charge in [0.05, 0.1) is 13.7 Å². The van der Waals surface area contributed by atoms with Gasteiger partial charge in [0.1, 0.15) is 23.1 Å². The largest absolute Gasteiger partial charge is 0.496 e. The lowest BCUT2D eigenvalue weighted by Gasteiger charge is -2.22. The number of aryl methyl sites for hydroxylation is 1. The minimum absolute atomic E-state index is 0.0400. The first-order chi connectivity index (χ1) is 18.5. The molecule has 3 aromatic rings. The number of aliphatic imine (C=N–C) groups is 1. The molecule has 198 valence electrons. The second-order valence-electron chi connectivity index (χ2n) is 9.13. The van der Waals surface area contributed by atoms with Crippen LogP contribution in [0.1, 0.15) is 30.6 Å². The van der Waals surface area contributed by atoms with Crippen molar-refractivity contribution in [2.24, 2.45) is 4.99 Å². The first kappa shape index (κ1) is 26.5. The highest BCUT2D eigenvalue weighted by Crippen LogP contribution is 2.23. The number of anilines is 1. The van der Waals surface area contributed by atoms with Crippen molar-refractivity contribution in [1.29, 1.82) is 5.26 Å². The lowest BCUT2D eigenvalue weighted by molar-refractivity contribution is -0.136. The number of nitriles is 1. The topological polar surface area (TPSA) is 132 Å². The summed E-state index contributed by atoms with van der Waals surface area (Å²) in [5, 5.41) is 18.7. The molecule has 10 nitrogen and oxygen atoms in total. The van der Waals surface area contributed by atoms with Crippen LogP contribution in [-0.4, -0.2) is 55.5 Å². The fraction of sp³-hybridized carbons (Fsp3) is 0.357. The van der Waals surface area contributed by atoms with Crippen LogP contribution >= 0.6 is 0 Å². The van der Waals surface area contributed by atoms with E-state index in [1.165, 1.54) is 0 Å². The summed E-state index contributed by atoms with van der Waals surface area (Å²) in [6.07, 6.45) is 4.59. The van der Waals surface area contributed by atoms with E-state index in [2.05, 4.69) is 20.9 Å². The smallest absolute Gasteiger partial charge is 0.247 e. The zero-order valence-corrected chi connectivity index (χ0v) is 21.6. The number of para-hydroxylation sites is 1. The average molecular weight is 517 g/mol. The van der Waals surface area contributed by atoms with Gasteiger partial charge in [0.15, 0.2) is 6.19 Å². The van der Waals surface area contributed by atoms with Crippen molar-refractivity contribution >= 4 is 34.4 Å². The van der Waals surface area contributed by atoms with Crippen molar-refractivity contribution in [2.45, 2.75) is 38.6 Å². The summed E-state index contributed by atoms with van der Waals surface area (Å²) >= 11 is 0. The van der Waals surface area contributed by atoms with Crippen molar-refractivity contribution < 1.29 is 18.7 Å². The minimum Gasteiger partial charge on any atom is -0.496 e. The van der Waals surface area contributed by atoms with Gasteiger partial charge in [0, 0.05) is 24.2 Å². The summed E-state index contributed by atoms with van der Waals surface area (Å²) in [6, 6.07) is 14.4. The van der Waals surface area contributed by atoms with Crippen LogP contribution in [0.4, 0.5) is 5.69 Å². The molecule has 2 heterocycles. The lowest BCUT2D eigenvalue weighted by Crippen LogP contribution is -2.44. The molecule has 1 aliphatic rings. The predicted molar refractivity (Wildman–Crippen MR) is 145 cm³/mol. The maximum atomic E-state index is 13.3. The normalized spacial score (nSPS) is 16.0. The zero-order valence-electron chi connectivity index (χ0n) is 21.6. The molecule has 4 rings (SSSR count). The highest BCUT2D eigenvalue weighted by molar-refractivity contribution is 5.98. The maximum absolute atomic E-state index is 13.3. The van der Waals surface area contributed by atoms with E-state index in [0.717, 1.165) is 40.9 Å². The van der Waals surface area contributed by atoms with E-state index in [9.17, 15) is 14.9 Å². The van der Waals surface area contributed by atoms with Crippen LogP contribution in [0.3, 0.4) is 0 Å². The average Bonchev–Trinajstić information content (AvgIpc) is 3.20. The maximum Gasteiger partial charge on any atom is 0.247 e. The number of hydrogen-bond acceptors (Lipinski definition) is 6. The molecular weight excluding hydrogens is 484 g/mol. The van der Waals surface area contributed by atoms with Crippen molar-refractivity contribution in [3.63, 3.8) is 0 Å². The van der Waals surface area contributed by atoms with Crippen molar-refractivity contribution in [3.8, 4) is 11.9 Å². The molecule has 1 fully saturated rings. The Labute approximate surface area is 221 Å². The zero-order chi connectivity index (χ0) is 26.9. The lowest BCUT2D eigenvalue weighted by atomic mass is 10.1. The SMILES string of the molecule is COc1ccccc1CCNC(=O)CN1CCCCC(N=C(NC#N)Nc2ccc3oc(C)cc3c2)C1=O. The van der Waals surface area contributed by atoms with E-state index < -0.39 is 6.04 Å². The van der Waals surface area contributed by atoms with E-state index in [-0.39, 0.29) is 24.3 Å². The molecule has 1 atom stereocenters. The van der Waals surface area contributed by atoms with E-state index in [1.807, 2.05) is 61.6 Å². The van der Waals surface area contributed by atoms with Crippen molar-refractivity contribution in [3.05, 3.63) is 59.9 Å². The summed E-state index contributed by atoms with van der Waals surface area (Å²) in [5.41, 5.74) is 2.46. The van der Waals surface area contributed by atoms with Crippen LogP contribution in [0.25, 0.3) is 11.0 Å². The quantitative estimate of drug-likeness (QED) is 0.181. The first-order valence-electron chi connectivity index (χ1n) is 12.6. The molecule has 2 aromatic carbocycles. The van der Waals surface area contributed by atoms with Gasteiger partial charge in [0.2, 0.25) is 17.8 Å². The molecule has 2 amide bonds. The standard InChI is InChI=1S/C28H32N6O4/c1-19-15-21-16-22(10-11-25(21)38-19)32-28(31-18-29)33-23-8-5-6-14-34(27(23)36)17-26(35)30-13-12-20-7-3-4-9-24(20)37-2/h3-4,7,9-11,15-16,23H,5-6,8,12-14,17H2,1-2H3,(H,30,35)(H2,31,32,33). The monoisotopic (exact) mass is 516 g/mol. The Morgan fingerprint density at radius 1 is 1.24 bits per heavy atom. The van der Waals surface area contributed by atoms with Crippen LogP contribution in [0.5, 0.6) is 5.75 Å². The molecule has 1 saturated heterocycles. The van der Waals surface area contributed by atoms with Crippen molar-refractivity contribution in [2.75, 3.05) is 32.1 Å². The number of hydrogen-bond donors (Lipinski definition) is 3. The third-order valence-electron chi connectivity index (χ3n) is 6.36. The van der Waals surface area contributed by atoms with Crippen LogP contribution in [-0.2, 0) is 16.0 Å². The molecule has 1 aromatic heterocycles. The van der Waals surface area contributed by atoms with Crippen LogP contribution < -0.4 is 20.7 Å². The Kier molecular flexibility index (Phi) is 8.82. The highest BCUT2D eigenvalue weighted by atomic mass is 16.5. The molecule has 0 saturated carbocycles. The molecule has 0 spiro atoms. The summed E-state index contributed by atoms with van der Waals surface area (Å²) in [7, 11) is 1.62. The second kappa shape index (κ2) is 12.6. The number of carbonyl (C=O) groups excluding carboxylic acids is 2. The van der Waals surface area contributed by atoms with Gasteiger partial charge >= 0.3 is 0 Å². The van der Waals surface area contributed by atoms with E-state index in [1.54, 1.807) is 12.0 Å². The Balaban J connectivity index is 1.38. The van der Waals surface area contributed by atoms with Gasteiger partial charge in [0.25, 0.3) is 0 Å². The number of fused-ring (bicyclic) bond motifs is 1. The number of ether oxygens (including phenoxy) is 1. The number of nitrogens with zero attached hydrogens (tertiary/aromatic N) is 3. The fourth-order valence-electron chi connectivity index (χ4n) is 4.53. The number of rotatable bonds is 8. The van der Waals surface area contributed by atoms with Gasteiger partial charge < -0.3 is 24.7 Å². The second-order valence-corrected chi connectivity index (χ2v) is 9.13. The van der Waals surface area contributed by atoms with Crippen LogP contribution in [0, 0.1) is 18.4 Å². The van der Waals surface area contributed by atoms with E-state index >= 15 is 0 Å².